The summed E-state index contributed by atoms with van der Waals surface area (Å²) in [5.74, 6) is 2.62. The molecule has 1 fully saturated rings. The summed E-state index contributed by atoms with van der Waals surface area (Å²) in [6, 6.07) is 12.9. The van der Waals surface area contributed by atoms with E-state index in [1.54, 1.807) is 32.5 Å². The van der Waals surface area contributed by atoms with Crippen LogP contribution in [0.2, 0.25) is 0 Å². The molecule has 1 aliphatic rings. The Balaban J connectivity index is 1.32. The summed E-state index contributed by atoms with van der Waals surface area (Å²) < 4.78 is 16.3. The first-order valence-electron chi connectivity index (χ1n) is 11.7. The maximum absolute atomic E-state index is 12.8. The number of pyridine rings is 1. The van der Waals surface area contributed by atoms with Gasteiger partial charge in [-0.05, 0) is 49.2 Å². The standard InChI is InChI=1S/C26H31N5O4/c1-17-15-23(26(32)28-18(2)19-5-7-20(33-3)8-6-19)29-30-25(17)31-13-11-21(12-14-31)35-22-9-10-24(34-4)27-16-22/h5-10,15-16,18,21H,11-14H2,1-4H3,(H,28,32)/t18-/m0/s1. The number of hydrogen-bond donors (Lipinski definition) is 1. The summed E-state index contributed by atoms with van der Waals surface area (Å²) in [5, 5.41) is 11.6. The Kier molecular flexibility index (Phi) is 7.64. The molecule has 9 heteroatoms. The minimum absolute atomic E-state index is 0.110. The predicted octanol–water partition coefficient (Wildman–Crippen LogP) is 3.74. The minimum Gasteiger partial charge on any atom is -0.497 e. The van der Waals surface area contributed by atoms with Crippen molar-refractivity contribution >= 4 is 11.7 Å². The highest BCUT2D eigenvalue weighted by Crippen LogP contribution is 2.25. The van der Waals surface area contributed by atoms with Crippen molar-refractivity contribution in [2.24, 2.45) is 0 Å². The number of rotatable bonds is 8. The van der Waals surface area contributed by atoms with Gasteiger partial charge in [-0.1, -0.05) is 12.1 Å². The van der Waals surface area contributed by atoms with Crippen molar-refractivity contribution < 1.29 is 19.0 Å². The molecule has 1 amide bonds. The van der Waals surface area contributed by atoms with Crippen molar-refractivity contribution in [3.63, 3.8) is 0 Å². The van der Waals surface area contributed by atoms with Crippen molar-refractivity contribution in [1.82, 2.24) is 20.5 Å². The number of ether oxygens (including phenoxy) is 3. The number of hydrogen-bond acceptors (Lipinski definition) is 8. The first kappa shape index (κ1) is 24.3. The van der Waals surface area contributed by atoms with E-state index in [2.05, 4.69) is 25.4 Å². The van der Waals surface area contributed by atoms with Gasteiger partial charge < -0.3 is 24.4 Å². The zero-order valence-electron chi connectivity index (χ0n) is 20.5. The molecular formula is C26H31N5O4. The highest BCUT2D eigenvalue weighted by Gasteiger charge is 2.24. The lowest BCUT2D eigenvalue weighted by atomic mass is 10.1. The monoisotopic (exact) mass is 477 g/mol. The topological polar surface area (TPSA) is 98.7 Å². The van der Waals surface area contributed by atoms with Crippen LogP contribution in [0.4, 0.5) is 5.82 Å². The molecule has 1 aliphatic heterocycles. The molecule has 184 valence electrons. The van der Waals surface area contributed by atoms with Crippen molar-refractivity contribution in [3.05, 3.63) is 65.5 Å². The Morgan fingerprint density at radius 1 is 1.03 bits per heavy atom. The van der Waals surface area contributed by atoms with Crippen LogP contribution in [0.1, 0.15) is 47.4 Å². The summed E-state index contributed by atoms with van der Waals surface area (Å²) in [7, 11) is 3.21. The number of carbonyl (C=O) groups is 1. The normalized spacial score (nSPS) is 14.8. The van der Waals surface area contributed by atoms with E-state index in [4.69, 9.17) is 14.2 Å². The number of carbonyl (C=O) groups excluding carboxylic acids is 1. The predicted molar refractivity (Wildman–Crippen MR) is 132 cm³/mol. The number of amides is 1. The molecule has 4 rings (SSSR count). The summed E-state index contributed by atoms with van der Waals surface area (Å²) >= 11 is 0. The van der Waals surface area contributed by atoms with Crippen LogP contribution < -0.4 is 24.4 Å². The molecule has 1 atom stereocenters. The van der Waals surface area contributed by atoms with Gasteiger partial charge in [-0.25, -0.2) is 4.98 Å². The largest absolute Gasteiger partial charge is 0.497 e. The molecule has 2 aromatic heterocycles. The smallest absolute Gasteiger partial charge is 0.272 e. The van der Waals surface area contributed by atoms with Gasteiger partial charge in [-0.2, -0.15) is 0 Å². The number of aromatic nitrogens is 3. The van der Waals surface area contributed by atoms with Gasteiger partial charge in [0.2, 0.25) is 5.88 Å². The number of benzene rings is 1. The summed E-state index contributed by atoms with van der Waals surface area (Å²) in [6.07, 6.45) is 3.50. The third-order valence-corrected chi connectivity index (χ3v) is 6.12. The maximum atomic E-state index is 12.8. The van der Waals surface area contributed by atoms with E-state index in [0.717, 1.165) is 54.4 Å². The number of nitrogens with one attached hydrogen (secondary N) is 1. The van der Waals surface area contributed by atoms with E-state index in [1.165, 1.54) is 0 Å². The van der Waals surface area contributed by atoms with Crippen molar-refractivity contribution in [3.8, 4) is 17.4 Å². The van der Waals surface area contributed by atoms with Crippen LogP contribution in [-0.4, -0.2) is 54.5 Å². The molecule has 0 spiro atoms. The van der Waals surface area contributed by atoms with E-state index in [-0.39, 0.29) is 18.1 Å². The summed E-state index contributed by atoms with van der Waals surface area (Å²) in [4.78, 5) is 19.1. The van der Waals surface area contributed by atoms with Crippen LogP contribution in [0.25, 0.3) is 0 Å². The SMILES string of the molecule is COc1ccc([C@H](C)NC(=O)c2cc(C)c(N3CCC(Oc4ccc(OC)nc4)CC3)nn2)cc1. The lowest BCUT2D eigenvalue weighted by molar-refractivity contribution is 0.0933. The number of nitrogens with zero attached hydrogens (tertiary/aromatic N) is 4. The van der Waals surface area contributed by atoms with Gasteiger partial charge in [0.25, 0.3) is 5.91 Å². The lowest BCUT2D eigenvalue weighted by Crippen LogP contribution is -2.39. The van der Waals surface area contributed by atoms with E-state index in [1.807, 2.05) is 44.2 Å². The van der Waals surface area contributed by atoms with Gasteiger partial charge in [-0.3, -0.25) is 4.79 Å². The number of piperidine rings is 1. The van der Waals surface area contributed by atoms with Gasteiger partial charge in [0.05, 0.1) is 26.5 Å². The Morgan fingerprint density at radius 2 is 1.74 bits per heavy atom. The zero-order chi connectivity index (χ0) is 24.8. The van der Waals surface area contributed by atoms with Crippen molar-refractivity contribution in [1.29, 1.82) is 0 Å². The molecule has 9 nitrogen and oxygen atoms in total. The first-order chi connectivity index (χ1) is 17.0. The molecule has 0 saturated carbocycles. The molecule has 1 saturated heterocycles. The van der Waals surface area contributed by atoms with Crippen molar-refractivity contribution in [2.75, 3.05) is 32.2 Å². The fourth-order valence-electron chi connectivity index (χ4n) is 4.08. The van der Waals surface area contributed by atoms with Crippen LogP contribution in [-0.2, 0) is 0 Å². The average molecular weight is 478 g/mol. The van der Waals surface area contributed by atoms with Gasteiger partial charge in [0.15, 0.2) is 11.5 Å². The Hall–Kier alpha value is -3.88. The quantitative estimate of drug-likeness (QED) is 0.524. The molecular weight excluding hydrogens is 446 g/mol. The fraction of sp³-hybridized carbons (Fsp3) is 0.385. The molecule has 3 heterocycles. The maximum Gasteiger partial charge on any atom is 0.272 e. The Labute approximate surface area is 205 Å². The Morgan fingerprint density at radius 3 is 2.34 bits per heavy atom. The van der Waals surface area contributed by atoms with E-state index in [9.17, 15) is 4.79 Å². The lowest BCUT2D eigenvalue weighted by Gasteiger charge is -2.33. The molecule has 1 aromatic carbocycles. The highest BCUT2D eigenvalue weighted by atomic mass is 16.5. The van der Waals surface area contributed by atoms with Crippen LogP contribution in [0.15, 0.2) is 48.7 Å². The van der Waals surface area contributed by atoms with E-state index < -0.39 is 0 Å². The molecule has 0 aliphatic carbocycles. The van der Waals surface area contributed by atoms with Crippen LogP contribution in [0.3, 0.4) is 0 Å². The number of methoxy groups -OCH3 is 2. The molecule has 3 aromatic rings. The second kappa shape index (κ2) is 11.0. The molecule has 0 bridgehead atoms. The molecule has 0 unspecified atom stereocenters. The van der Waals surface area contributed by atoms with Gasteiger partial charge in [0, 0.05) is 32.0 Å². The Bertz CT molecular complexity index is 1130. The summed E-state index contributed by atoms with van der Waals surface area (Å²) in [6.45, 7) is 5.48. The minimum atomic E-state index is -0.254. The molecule has 0 radical (unpaired) electrons. The van der Waals surface area contributed by atoms with Gasteiger partial charge in [-0.15, -0.1) is 10.2 Å². The summed E-state index contributed by atoms with van der Waals surface area (Å²) in [5.41, 5.74) is 2.20. The van der Waals surface area contributed by atoms with Crippen LogP contribution >= 0.6 is 0 Å². The zero-order valence-corrected chi connectivity index (χ0v) is 20.5. The number of aryl methyl sites for hydroxylation is 1. The second-order valence-electron chi connectivity index (χ2n) is 8.55. The fourth-order valence-corrected chi connectivity index (χ4v) is 4.08. The van der Waals surface area contributed by atoms with Gasteiger partial charge >= 0.3 is 0 Å². The third kappa shape index (κ3) is 5.98. The molecule has 35 heavy (non-hydrogen) atoms. The first-order valence-corrected chi connectivity index (χ1v) is 11.7. The van der Waals surface area contributed by atoms with Crippen LogP contribution in [0.5, 0.6) is 17.4 Å². The van der Waals surface area contributed by atoms with Gasteiger partial charge in [0.1, 0.15) is 17.6 Å². The molecule has 1 N–H and O–H groups in total. The van der Waals surface area contributed by atoms with Crippen LogP contribution in [0, 0.1) is 6.92 Å². The third-order valence-electron chi connectivity index (χ3n) is 6.12. The van der Waals surface area contributed by atoms with E-state index >= 15 is 0 Å². The highest BCUT2D eigenvalue weighted by molar-refractivity contribution is 5.92. The number of anilines is 1. The van der Waals surface area contributed by atoms with Crippen molar-refractivity contribution in [2.45, 2.75) is 38.8 Å². The average Bonchev–Trinajstić information content (AvgIpc) is 2.89. The van der Waals surface area contributed by atoms with E-state index in [0.29, 0.717) is 11.6 Å². The second-order valence-corrected chi connectivity index (χ2v) is 8.55.